The number of esters is 1. The number of nitrogens with one attached hydrogen (secondary N) is 3. The second-order valence-corrected chi connectivity index (χ2v) is 11.4. The summed E-state index contributed by atoms with van der Waals surface area (Å²) in [5, 5.41) is 20.6. The molecule has 1 amide bonds. The second-order valence-electron chi connectivity index (χ2n) is 11.4. The van der Waals surface area contributed by atoms with Crippen LogP contribution in [0.1, 0.15) is 60.8 Å². The number of nitrogens with two attached hydrogens (primary N) is 1. The molecule has 2 aromatic carbocycles. The summed E-state index contributed by atoms with van der Waals surface area (Å²) in [6, 6.07) is 6.74. The van der Waals surface area contributed by atoms with Gasteiger partial charge in [0.15, 0.2) is 23.0 Å². The van der Waals surface area contributed by atoms with Crippen LogP contribution in [-0.4, -0.2) is 77.3 Å². The third kappa shape index (κ3) is 6.82. The van der Waals surface area contributed by atoms with Crippen molar-refractivity contribution < 1.29 is 38.4 Å². The molecule has 2 heterocycles. The summed E-state index contributed by atoms with van der Waals surface area (Å²) in [7, 11) is 2.92. The monoisotopic (exact) mass is 612 g/mol. The Bertz CT molecular complexity index is 1300. The van der Waals surface area contributed by atoms with Gasteiger partial charge in [0.1, 0.15) is 0 Å². The Hall–Kier alpha value is -3.74. The lowest BCUT2D eigenvalue weighted by atomic mass is 9.65. The van der Waals surface area contributed by atoms with E-state index in [9.17, 15) is 14.7 Å². The van der Waals surface area contributed by atoms with Crippen molar-refractivity contribution >= 4 is 11.9 Å². The van der Waals surface area contributed by atoms with Gasteiger partial charge < -0.3 is 50.5 Å². The van der Waals surface area contributed by atoms with Crippen molar-refractivity contribution in [3.8, 4) is 28.7 Å². The first-order chi connectivity index (χ1) is 21.5. The molecule has 1 saturated heterocycles. The van der Waals surface area contributed by atoms with Crippen LogP contribution >= 0.6 is 0 Å². The standard InChI is InChI=1S/C32H44N4O8/c1-40-25-13-19(14-26(41-2)31(25)38)28-20-15-23-24(44-18-43-23)16-21(20)30(22-17-42-32(39)29(22)28)36-27(37)7-5-10-35-12-6-11-34-9-4-3-8-33/h13-16,22,28-30,34-35,38H,3-12,17-18,33H2,1-2H3,(H,36,37)/t22?,28-,29+,30?/m1/s1. The number of phenols is 1. The van der Waals surface area contributed by atoms with E-state index in [1.807, 2.05) is 12.1 Å². The normalized spacial score (nSPS) is 21.4. The van der Waals surface area contributed by atoms with Crippen molar-refractivity contribution in [2.45, 2.75) is 44.1 Å². The van der Waals surface area contributed by atoms with E-state index >= 15 is 0 Å². The topological polar surface area (TPSA) is 163 Å². The first-order valence-corrected chi connectivity index (χ1v) is 15.4. The van der Waals surface area contributed by atoms with E-state index < -0.39 is 17.9 Å². The van der Waals surface area contributed by atoms with Gasteiger partial charge in [-0.3, -0.25) is 9.59 Å². The van der Waals surface area contributed by atoms with Crippen LogP contribution in [0.4, 0.5) is 0 Å². The fourth-order valence-electron chi connectivity index (χ4n) is 6.44. The molecule has 0 radical (unpaired) electrons. The number of carbonyl (C=O) groups excluding carboxylic acids is 2. The molecule has 12 nitrogen and oxygen atoms in total. The Morgan fingerprint density at radius 2 is 1.55 bits per heavy atom. The van der Waals surface area contributed by atoms with Crippen molar-refractivity contribution in [1.29, 1.82) is 0 Å². The molecule has 0 saturated carbocycles. The minimum absolute atomic E-state index is 0.0903. The van der Waals surface area contributed by atoms with Crippen LogP contribution in [0.15, 0.2) is 24.3 Å². The van der Waals surface area contributed by atoms with Crippen LogP contribution in [0.25, 0.3) is 0 Å². The van der Waals surface area contributed by atoms with E-state index in [2.05, 4.69) is 16.0 Å². The molecule has 2 aliphatic heterocycles. The maximum Gasteiger partial charge on any atom is 0.310 e. The number of benzene rings is 2. The summed E-state index contributed by atoms with van der Waals surface area (Å²) in [5.74, 6) is -0.306. The van der Waals surface area contributed by atoms with Crippen LogP contribution in [-0.2, 0) is 14.3 Å². The number of amides is 1. The smallest absolute Gasteiger partial charge is 0.310 e. The summed E-state index contributed by atoms with van der Waals surface area (Å²) in [5.41, 5.74) is 7.89. The molecule has 0 spiro atoms. The molecule has 2 unspecified atom stereocenters. The lowest BCUT2D eigenvalue weighted by Gasteiger charge is -2.39. The molecule has 6 N–H and O–H groups in total. The van der Waals surface area contributed by atoms with Crippen LogP contribution in [0.3, 0.4) is 0 Å². The molecular formula is C32H44N4O8. The molecule has 2 aromatic rings. The van der Waals surface area contributed by atoms with E-state index in [1.165, 1.54) is 14.2 Å². The van der Waals surface area contributed by atoms with E-state index in [1.54, 1.807) is 12.1 Å². The predicted molar refractivity (Wildman–Crippen MR) is 162 cm³/mol. The number of unbranched alkanes of at least 4 members (excludes halogenated alkanes) is 1. The quantitative estimate of drug-likeness (QED) is 0.140. The van der Waals surface area contributed by atoms with Gasteiger partial charge >= 0.3 is 5.97 Å². The van der Waals surface area contributed by atoms with Gasteiger partial charge in [-0.2, -0.15) is 0 Å². The summed E-state index contributed by atoms with van der Waals surface area (Å²) in [6.45, 7) is 4.55. The van der Waals surface area contributed by atoms with Gasteiger partial charge in [0.2, 0.25) is 18.4 Å². The van der Waals surface area contributed by atoms with Crippen molar-refractivity contribution in [3.05, 3.63) is 41.0 Å². The summed E-state index contributed by atoms with van der Waals surface area (Å²) in [4.78, 5) is 26.5. The number of fused-ring (bicyclic) bond motifs is 3. The van der Waals surface area contributed by atoms with Gasteiger partial charge in [0.05, 0.1) is 32.8 Å². The molecule has 4 atom stereocenters. The van der Waals surface area contributed by atoms with Gasteiger partial charge in [0.25, 0.3) is 0 Å². The number of carbonyl (C=O) groups is 2. The fourth-order valence-corrected chi connectivity index (χ4v) is 6.44. The summed E-state index contributed by atoms with van der Waals surface area (Å²) in [6.07, 6.45) is 4.19. The van der Waals surface area contributed by atoms with Crippen molar-refractivity contribution in [3.63, 3.8) is 0 Å². The molecule has 1 fully saturated rings. The molecular weight excluding hydrogens is 568 g/mol. The molecule has 44 heavy (non-hydrogen) atoms. The Kier molecular flexibility index (Phi) is 10.7. The van der Waals surface area contributed by atoms with Crippen molar-refractivity contribution in [2.24, 2.45) is 17.6 Å². The van der Waals surface area contributed by atoms with Crippen LogP contribution in [0, 0.1) is 11.8 Å². The highest BCUT2D eigenvalue weighted by Crippen LogP contribution is 2.55. The zero-order valence-corrected chi connectivity index (χ0v) is 25.5. The average molecular weight is 613 g/mol. The first-order valence-electron chi connectivity index (χ1n) is 15.4. The maximum absolute atomic E-state index is 13.3. The number of aromatic hydroxyl groups is 1. The molecule has 0 bridgehead atoms. The van der Waals surface area contributed by atoms with Gasteiger partial charge in [0, 0.05) is 18.3 Å². The highest BCUT2D eigenvalue weighted by Gasteiger charge is 2.53. The number of hydrogen-bond donors (Lipinski definition) is 5. The lowest BCUT2D eigenvalue weighted by molar-refractivity contribution is -0.141. The summed E-state index contributed by atoms with van der Waals surface area (Å²) < 4.78 is 27.9. The molecule has 12 heteroatoms. The predicted octanol–water partition coefficient (Wildman–Crippen LogP) is 2.32. The third-order valence-electron chi connectivity index (χ3n) is 8.64. The number of hydrogen-bond acceptors (Lipinski definition) is 11. The number of ether oxygens (including phenoxy) is 5. The van der Waals surface area contributed by atoms with Gasteiger partial charge in [-0.1, -0.05) is 0 Å². The Morgan fingerprint density at radius 1 is 0.909 bits per heavy atom. The Balaban J connectivity index is 1.30. The lowest BCUT2D eigenvalue weighted by Crippen LogP contribution is -2.43. The van der Waals surface area contributed by atoms with Gasteiger partial charge in [-0.05, 0) is 99.4 Å². The van der Waals surface area contributed by atoms with Crippen molar-refractivity contribution in [2.75, 3.05) is 60.3 Å². The number of cyclic esters (lactones) is 1. The Morgan fingerprint density at radius 3 is 2.20 bits per heavy atom. The van der Waals surface area contributed by atoms with Crippen LogP contribution < -0.4 is 40.6 Å². The number of methoxy groups -OCH3 is 2. The van der Waals surface area contributed by atoms with Crippen molar-refractivity contribution in [1.82, 2.24) is 16.0 Å². The minimum Gasteiger partial charge on any atom is -0.502 e. The minimum atomic E-state index is -0.585. The molecule has 1 aliphatic carbocycles. The highest BCUT2D eigenvalue weighted by atomic mass is 16.7. The second kappa shape index (κ2) is 14.8. The Labute approximate surface area is 257 Å². The van der Waals surface area contributed by atoms with Crippen LogP contribution in [0.2, 0.25) is 0 Å². The largest absolute Gasteiger partial charge is 0.502 e. The molecule has 5 rings (SSSR count). The maximum atomic E-state index is 13.3. The van der Waals surface area contributed by atoms with Gasteiger partial charge in [-0.25, -0.2) is 0 Å². The zero-order chi connectivity index (χ0) is 31.1. The SMILES string of the molecule is COc1cc([C@@H]2c3cc4c(cc3C(NC(=O)CCCNCCCNCCCCN)C3COC(=O)[C@@H]32)OCO4)cc(OC)c1O. The average Bonchev–Trinajstić information content (AvgIpc) is 3.65. The van der Waals surface area contributed by atoms with Crippen LogP contribution in [0.5, 0.6) is 28.7 Å². The number of rotatable bonds is 16. The highest BCUT2D eigenvalue weighted by molar-refractivity contribution is 5.81. The zero-order valence-electron chi connectivity index (χ0n) is 25.5. The van der Waals surface area contributed by atoms with E-state index in [0.29, 0.717) is 29.9 Å². The van der Waals surface area contributed by atoms with E-state index in [-0.39, 0.29) is 48.4 Å². The third-order valence-corrected chi connectivity index (χ3v) is 8.64. The summed E-state index contributed by atoms with van der Waals surface area (Å²) >= 11 is 0. The molecule has 0 aromatic heterocycles. The number of phenolic OH excluding ortho intramolecular Hbond substituents is 1. The molecule has 240 valence electrons. The van der Waals surface area contributed by atoms with E-state index in [4.69, 9.17) is 29.4 Å². The van der Waals surface area contributed by atoms with Gasteiger partial charge in [-0.15, -0.1) is 0 Å². The first kappa shape index (κ1) is 31.7. The molecule has 3 aliphatic rings. The fraction of sp³-hybridized carbons (Fsp3) is 0.562. The van der Waals surface area contributed by atoms with E-state index in [0.717, 1.165) is 63.1 Å².